The maximum atomic E-state index is 5.59. The van der Waals surface area contributed by atoms with Crippen LogP contribution in [0.5, 0.6) is 0 Å². The molecule has 0 saturated carbocycles. The average Bonchev–Trinajstić information content (AvgIpc) is 2.95. The first-order valence-electron chi connectivity index (χ1n) is 6.89. The van der Waals surface area contributed by atoms with E-state index in [-0.39, 0.29) is 0 Å². The van der Waals surface area contributed by atoms with Crippen molar-refractivity contribution < 1.29 is 0 Å². The Kier molecular flexibility index (Phi) is 3.52. The predicted octanol–water partition coefficient (Wildman–Crippen LogP) is 1.89. The molecule has 1 aliphatic carbocycles. The van der Waals surface area contributed by atoms with Gasteiger partial charge in [0.1, 0.15) is 5.82 Å². The summed E-state index contributed by atoms with van der Waals surface area (Å²) in [5.41, 5.74) is 6.24. The zero-order valence-corrected chi connectivity index (χ0v) is 11.6. The molecule has 0 fully saturated rings. The quantitative estimate of drug-likeness (QED) is 0.655. The molecule has 0 saturated heterocycles. The molecule has 0 unspecified atom stereocenters. The van der Waals surface area contributed by atoms with E-state index in [1.807, 2.05) is 25.2 Å². The maximum Gasteiger partial charge on any atom is 0.227 e. The molecule has 5 nitrogen and oxygen atoms in total. The first kappa shape index (κ1) is 12.9. The molecule has 3 rings (SSSR count). The van der Waals surface area contributed by atoms with Crippen LogP contribution in [0.3, 0.4) is 0 Å². The summed E-state index contributed by atoms with van der Waals surface area (Å²) in [5.74, 6) is 7.08. The number of aromatic nitrogens is 2. The van der Waals surface area contributed by atoms with Crippen molar-refractivity contribution >= 4 is 11.8 Å². The van der Waals surface area contributed by atoms with Crippen molar-refractivity contribution in [3.8, 4) is 0 Å². The van der Waals surface area contributed by atoms with Crippen molar-refractivity contribution in [3.05, 3.63) is 47.2 Å². The first-order valence-corrected chi connectivity index (χ1v) is 6.89. The lowest BCUT2D eigenvalue weighted by Gasteiger charge is -2.19. The van der Waals surface area contributed by atoms with Gasteiger partial charge in [-0.1, -0.05) is 30.3 Å². The molecule has 1 aromatic carbocycles. The molecule has 1 heterocycles. The Balaban J connectivity index is 1.86. The second-order valence-electron chi connectivity index (χ2n) is 5.14. The Bertz CT molecular complexity index is 597. The van der Waals surface area contributed by atoms with E-state index in [0.717, 1.165) is 43.3 Å². The molecule has 0 amide bonds. The number of nitrogens with zero attached hydrogens (tertiary/aromatic N) is 3. The maximum absolute atomic E-state index is 5.59. The van der Waals surface area contributed by atoms with Crippen LogP contribution in [0.4, 0.5) is 11.8 Å². The standard InChI is InChI=1S/C15H19N5/c1-20(10-11-6-3-2-4-7-11)15-17-13-9-5-8-12(13)14(18-15)19-16/h2-4,6-7H,5,8-10,16H2,1H3,(H,17,18,19). The minimum Gasteiger partial charge on any atom is -0.339 e. The molecule has 3 N–H and O–H groups in total. The molecule has 0 bridgehead atoms. The predicted molar refractivity (Wildman–Crippen MR) is 80.4 cm³/mol. The van der Waals surface area contributed by atoms with Crippen molar-refractivity contribution in [2.24, 2.45) is 5.84 Å². The number of hydrogen-bond donors (Lipinski definition) is 2. The molecule has 20 heavy (non-hydrogen) atoms. The van der Waals surface area contributed by atoms with Crippen LogP contribution in [0.2, 0.25) is 0 Å². The largest absolute Gasteiger partial charge is 0.339 e. The summed E-state index contributed by atoms with van der Waals surface area (Å²) in [4.78, 5) is 11.3. The molecule has 1 aliphatic rings. The molecular weight excluding hydrogens is 250 g/mol. The van der Waals surface area contributed by atoms with Crippen LogP contribution < -0.4 is 16.2 Å². The van der Waals surface area contributed by atoms with Gasteiger partial charge in [-0.05, 0) is 24.8 Å². The Morgan fingerprint density at radius 1 is 1.20 bits per heavy atom. The number of nitrogens with two attached hydrogens (primary N) is 1. The van der Waals surface area contributed by atoms with Gasteiger partial charge in [0, 0.05) is 19.2 Å². The Morgan fingerprint density at radius 2 is 2.00 bits per heavy atom. The number of rotatable bonds is 4. The number of fused-ring (bicyclic) bond motifs is 1. The van der Waals surface area contributed by atoms with Crippen LogP contribution in [0, 0.1) is 0 Å². The van der Waals surface area contributed by atoms with Gasteiger partial charge in [-0.3, -0.25) is 0 Å². The fourth-order valence-corrected chi connectivity index (χ4v) is 2.64. The summed E-state index contributed by atoms with van der Waals surface area (Å²) in [6.07, 6.45) is 3.15. The number of hydrogen-bond acceptors (Lipinski definition) is 5. The summed E-state index contributed by atoms with van der Waals surface area (Å²) >= 11 is 0. The van der Waals surface area contributed by atoms with Crippen LogP contribution in [-0.4, -0.2) is 17.0 Å². The molecule has 0 aliphatic heterocycles. The molecule has 0 spiro atoms. The lowest BCUT2D eigenvalue weighted by molar-refractivity contribution is 0.850. The third kappa shape index (κ3) is 2.44. The highest BCUT2D eigenvalue weighted by molar-refractivity contribution is 5.52. The van der Waals surface area contributed by atoms with Crippen molar-refractivity contribution in [3.63, 3.8) is 0 Å². The van der Waals surface area contributed by atoms with Gasteiger partial charge >= 0.3 is 0 Å². The summed E-state index contributed by atoms with van der Waals surface area (Å²) in [6.45, 7) is 0.781. The van der Waals surface area contributed by atoms with E-state index < -0.39 is 0 Å². The van der Waals surface area contributed by atoms with E-state index in [1.54, 1.807) is 0 Å². The fraction of sp³-hybridized carbons (Fsp3) is 0.333. The van der Waals surface area contributed by atoms with Gasteiger partial charge < -0.3 is 10.3 Å². The Labute approximate surface area is 118 Å². The smallest absolute Gasteiger partial charge is 0.227 e. The average molecular weight is 269 g/mol. The zero-order valence-electron chi connectivity index (χ0n) is 11.6. The van der Waals surface area contributed by atoms with Crippen LogP contribution in [0.1, 0.15) is 23.2 Å². The molecule has 104 valence electrons. The number of aryl methyl sites for hydroxylation is 1. The SMILES string of the molecule is CN(Cc1ccccc1)c1nc2c(c(NN)n1)CCC2. The minimum absolute atomic E-state index is 0.724. The van der Waals surface area contributed by atoms with Crippen LogP contribution in [0.15, 0.2) is 30.3 Å². The van der Waals surface area contributed by atoms with Crippen molar-refractivity contribution in [1.29, 1.82) is 0 Å². The number of nitrogen functional groups attached to an aromatic ring is 1. The van der Waals surface area contributed by atoms with Gasteiger partial charge in [-0.2, -0.15) is 4.98 Å². The highest BCUT2D eigenvalue weighted by atomic mass is 15.3. The molecule has 5 heteroatoms. The third-order valence-corrected chi connectivity index (χ3v) is 3.66. The Morgan fingerprint density at radius 3 is 2.75 bits per heavy atom. The monoisotopic (exact) mass is 269 g/mol. The summed E-state index contributed by atoms with van der Waals surface area (Å²) in [7, 11) is 2.00. The van der Waals surface area contributed by atoms with Gasteiger partial charge in [-0.15, -0.1) is 0 Å². The van der Waals surface area contributed by atoms with E-state index >= 15 is 0 Å². The minimum atomic E-state index is 0.724. The number of benzene rings is 1. The molecule has 2 aromatic rings. The fourth-order valence-electron chi connectivity index (χ4n) is 2.64. The first-order chi connectivity index (χ1) is 9.78. The van der Waals surface area contributed by atoms with Gasteiger partial charge in [0.25, 0.3) is 0 Å². The second-order valence-corrected chi connectivity index (χ2v) is 5.14. The van der Waals surface area contributed by atoms with Crippen molar-refractivity contribution in [2.45, 2.75) is 25.8 Å². The van der Waals surface area contributed by atoms with Gasteiger partial charge in [0.2, 0.25) is 5.95 Å². The van der Waals surface area contributed by atoms with Crippen molar-refractivity contribution in [1.82, 2.24) is 9.97 Å². The lowest BCUT2D eigenvalue weighted by Crippen LogP contribution is -2.21. The summed E-state index contributed by atoms with van der Waals surface area (Å²) < 4.78 is 0. The van der Waals surface area contributed by atoms with Gasteiger partial charge in [0.05, 0.1) is 5.69 Å². The van der Waals surface area contributed by atoms with Crippen LogP contribution in [-0.2, 0) is 19.4 Å². The van der Waals surface area contributed by atoms with E-state index in [0.29, 0.717) is 0 Å². The highest BCUT2D eigenvalue weighted by Gasteiger charge is 2.20. The Hall–Kier alpha value is -2.14. The molecular formula is C15H19N5. The van der Waals surface area contributed by atoms with Crippen LogP contribution in [0.25, 0.3) is 0 Å². The van der Waals surface area contributed by atoms with E-state index in [1.165, 1.54) is 11.1 Å². The molecule has 0 radical (unpaired) electrons. The zero-order chi connectivity index (χ0) is 13.9. The molecule has 0 atom stereocenters. The van der Waals surface area contributed by atoms with E-state index in [4.69, 9.17) is 5.84 Å². The van der Waals surface area contributed by atoms with Gasteiger partial charge in [0.15, 0.2) is 0 Å². The lowest BCUT2D eigenvalue weighted by atomic mass is 10.2. The topological polar surface area (TPSA) is 67.1 Å². The van der Waals surface area contributed by atoms with Crippen LogP contribution >= 0.6 is 0 Å². The third-order valence-electron chi connectivity index (χ3n) is 3.66. The van der Waals surface area contributed by atoms with Crippen molar-refractivity contribution in [2.75, 3.05) is 17.4 Å². The summed E-state index contributed by atoms with van der Waals surface area (Å²) in [6, 6.07) is 10.3. The summed E-state index contributed by atoms with van der Waals surface area (Å²) in [5, 5.41) is 0. The number of nitrogens with one attached hydrogen (secondary N) is 1. The number of hydrazine groups is 1. The number of anilines is 2. The molecule has 1 aromatic heterocycles. The van der Waals surface area contributed by atoms with E-state index in [2.05, 4.69) is 32.4 Å². The highest BCUT2D eigenvalue weighted by Crippen LogP contribution is 2.27. The normalized spacial score (nSPS) is 13.1. The van der Waals surface area contributed by atoms with Gasteiger partial charge in [-0.25, -0.2) is 10.8 Å². The van der Waals surface area contributed by atoms with E-state index in [9.17, 15) is 0 Å². The second kappa shape index (κ2) is 5.46.